The van der Waals surface area contributed by atoms with Gasteiger partial charge < -0.3 is 20.1 Å². The van der Waals surface area contributed by atoms with Crippen molar-refractivity contribution in [3.05, 3.63) is 41.0 Å². The fourth-order valence-electron chi connectivity index (χ4n) is 3.89. The largest absolute Gasteiger partial charge is 0.357 e. The second-order valence-corrected chi connectivity index (χ2v) is 9.17. The maximum absolute atomic E-state index is 13.9. The van der Waals surface area contributed by atoms with Crippen molar-refractivity contribution in [2.45, 2.75) is 46.3 Å². The van der Waals surface area contributed by atoms with Crippen LogP contribution in [0.5, 0.6) is 0 Å². The number of fused-ring (bicyclic) bond motifs is 1. The van der Waals surface area contributed by atoms with Gasteiger partial charge >= 0.3 is 0 Å². The second kappa shape index (κ2) is 9.09. The standard InChI is InChI=1S/C23H29FN6O2/c1-23(2,3)19(22(32)26-4)28-21(31)18-17-13-29(5)9-6-10-30(17)20(27-18)14-7-8-16(24)15(11-14)12-25/h7-8,11,19H,6,9-10,13H2,1-5H3,(H,26,32)(H,28,31). The lowest BCUT2D eigenvalue weighted by atomic mass is 9.86. The SMILES string of the molecule is CNC(=O)C(NC(=O)c1nc(-c2ccc(F)c(C#N)c2)n2c1CN(C)CCC2)C(C)(C)C. The summed E-state index contributed by atoms with van der Waals surface area (Å²) in [4.78, 5) is 32.5. The molecule has 170 valence electrons. The highest BCUT2D eigenvalue weighted by molar-refractivity contribution is 5.97. The summed E-state index contributed by atoms with van der Waals surface area (Å²) in [6, 6.07) is 5.35. The van der Waals surface area contributed by atoms with E-state index < -0.39 is 23.2 Å². The van der Waals surface area contributed by atoms with Crippen LogP contribution in [0.2, 0.25) is 0 Å². The van der Waals surface area contributed by atoms with Gasteiger partial charge in [0.1, 0.15) is 23.8 Å². The molecule has 0 radical (unpaired) electrons. The number of halogens is 1. The summed E-state index contributed by atoms with van der Waals surface area (Å²) >= 11 is 0. The summed E-state index contributed by atoms with van der Waals surface area (Å²) in [6.07, 6.45) is 0.850. The number of nitrogens with one attached hydrogen (secondary N) is 2. The lowest BCUT2D eigenvalue weighted by Crippen LogP contribution is -2.53. The number of amides is 2. The minimum atomic E-state index is -0.750. The first kappa shape index (κ1) is 23.4. The van der Waals surface area contributed by atoms with Gasteiger partial charge in [-0.15, -0.1) is 0 Å². The molecule has 1 aromatic carbocycles. The summed E-state index contributed by atoms with van der Waals surface area (Å²) in [7, 11) is 3.50. The van der Waals surface area contributed by atoms with Gasteiger partial charge in [-0.25, -0.2) is 9.37 Å². The van der Waals surface area contributed by atoms with E-state index in [9.17, 15) is 19.2 Å². The van der Waals surface area contributed by atoms with Crippen LogP contribution >= 0.6 is 0 Å². The lowest BCUT2D eigenvalue weighted by molar-refractivity contribution is -0.124. The monoisotopic (exact) mass is 440 g/mol. The lowest BCUT2D eigenvalue weighted by Gasteiger charge is -2.29. The third-order valence-electron chi connectivity index (χ3n) is 5.62. The van der Waals surface area contributed by atoms with Gasteiger partial charge in [0.25, 0.3) is 5.91 Å². The molecule has 9 heteroatoms. The number of likely N-dealkylation sites (N-methyl/N-ethyl adjacent to an activating group) is 1. The van der Waals surface area contributed by atoms with Crippen LogP contribution in [0, 0.1) is 22.6 Å². The van der Waals surface area contributed by atoms with Gasteiger partial charge in [-0.1, -0.05) is 20.8 Å². The van der Waals surface area contributed by atoms with Crippen LogP contribution in [0.1, 0.15) is 48.9 Å². The molecule has 0 aliphatic carbocycles. The molecule has 0 spiro atoms. The van der Waals surface area contributed by atoms with Crippen LogP contribution in [-0.2, 0) is 17.9 Å². The smallest absolute Gasteiger partial charge is 0.272 e. The van der Waals surface area contributed by atoms with Crippen LogP contribution < -0.4 is 10.6 Å². The van der Waals surface area contributed by atoms with Crippen molar-refractivity contribution >= 4 is 11.8 Å². The Morgan fingerprint density at radius 2 is 2.00 bits per heavy atom. The van der Waals surface area contributed by atoms with Crippen molar-refractivity contribution in [2.75, 3.05) is 20.6 Å². The molecule has 0 fully saturated rings. The van der Waals surface area contributed by atoms with Gasteiger partial charge in [0.05, 0.1) is 11.3 Å². The minimum absolute atomic E-state index is 0.0796. The molecular formula is C23H29FN6O2. The number of nitrogens with zero attached hydrogens (tertiary/aromatic N) is 4. The number of hydrogen-bond donors (Lipinski definition) is 2. The summed E-state index contributed by atoms with van der Waals surface area (Å²) in [6.45, 7) is 7.61. The zero-order valence-electron chi connectivity index (χ0n) is 19.1. The molecule has 1 atom stereocenters. The fourth-order valence-corrected chi connectivity index (χ4v) is 3.89. The van der Waals surface area contributed by atoms with Crippen molar-refractivity contribution in [1.82, 2.24) is 25.1 Å². The number of carbonyl (C=O) groups excluding carboxylic acids is 2. The summed E-state index contributed by atoms with van der Waals surface area (Å²) < 4.78 is 15.8. The Labute approximate surface area is 187 Å². The quantitative estimate of drug-likeness (QED) is 0.759. The number of benzene rings is 1. The number of nitriles is 1. The van der Waals surface area contributed by atoms with Crippen LogP contribution in [0.4, 0.5) is 4.39 Å². The molecule has 2 heterocycles. The summed E-state index contributed by atoms with van der Waals surface area (Å²) in [5.41, 5.74) is 0.931. The Morgan fingerprint density at radius 1 is 1.28 bits per heavy atom. The van der Waals surface area contributed by atoms with E-state index in [0.717, 1.165) is 18.7 Å². The second-order valence-electron chi connectivity index (χ2n) is 9.17. The third-order valence-corrected chi connectivity index (χ3v) is 5.62. The number of imidazole rings is 1. The highest BCUT2D eigenvalue weighted by atomic mass is 19.1. The van der Waals surface area contributed by atoms with Gasteiger partial charge in [0.2, 0.25) is 5.91 Å². The first-order chi connectivity index (χ1) is 15.1. The molecule has 0 saturated heterocycles. The Balaban J connectivity index is 2.09. The Hall–Kier alpha value is -3.25. The zero-order chi connectivity index (χ0) is 23.6. The van der Waals surface area contributed by atoms with E-state index in [1.807, 2.05) is 38.5 Å². The van der Waals surface area contributed by atoms with Gasteiger partial charge in [-0.2, -0.15) is 5.26 Å². The predicted octanol–water partition coefficient (Wildman–Crippen LogP) is 2.29. The van der Waals surface area contributed by atoms with Gasteiger partial charge in [-0.3, -0.25) is 9.59 Å². The molecule has 1 unspecified atom stereocenters. The molecule has 0 saturated carbocycles. The first-order valence-electron chi connectivity index (χ1n) is 10.6. The van der Waals surface area contributed by atoms with Crippen LogP contribution in [-0.4, -0.2) is 52.9 Å². The van der Waals surface area contributed by atoms with Crippen LogP contribution in [0.3, 0.4) is 0 Å². The van der Waals surface area contributed by atoms with Crippen molar-refractivity contribution in [2.24, 2.45) is 5.41 Å². The molecular weight excluding hydrogens is 411 g/mol. The van der Waals surface area contributed by atoms with E-state index in [4.69, 9.17) is 0 Å². The third kappa shape index (κ3) is 4.65. The Morgan fingerprint density at radius 3 is 2.62 bits per heavy atom. The maximum atomic E-state index is 13.9. The van der Waals surface area contributed by atoms with E-state index in [1.165, 1.54) is 19.2 Å². The van der Waals surface area contributed by atoms with Crippen LogP contribution in [0.15, 0.2) is 18.2 Å². The molecule has 1 aromatic heterocycles. The zero-order valence-corrected chi connectivity index (χ0v) is 19.1. The molecule has 1 aliphatic rings. The highest BCUT2D eigenvalue weighted by Crippen LogP contribution is 2.28. The van der Waals surface area contributed by atoms with E-state index >= 15 is 0 Å². The minimum Gasteiger partial charge on any atom is -0.357 e. The van der Waals surface area contributed by atoms with Crippen molar-refractivity contribution < 1.29 is 14.0 Å². The average molecular weight is 441 g/mol. The molecule has 0 bridgehead atoms. The van der Waals surface area contributed by atoms with E-state index in [0.29, 0.717) is 24.5 Å². The maximum Gasteiger partial charge on any atom is 0.272 e. The predicted molar refractivity (Wildman–Crippen MR) is 118 cm³/mol. The molecule has 32 heavy (non-hydrogen) atoms. The van der Waals surface area contributed by atoms with Gasteiger partial charge in [-0.05, 0) is 43.6 Å². The van der Waals surface area contributed by atoms with E-state index in [2.05, 4.69) is 20.5 Å². The van der Waals surface area contributed by atoms with Crippen molar-refractivity contribution in [1.29, 1.82) is 5.26 Å². The topological polar surface area (TPSA) is 103 Å². The van der Waals surface area contributed by atoms with Crippen molar-refractivity contribution in [3.8, 4) is 17.5 Å². The van der Waals surface area contributed by atoms with Gasteiger partial charge in [0.15, 0.2) is 5.69 Å². The number of hydrogen-bond acceptors (Lipinski definition) is 5. The number of aromatic nitrogens is 2. The summed E-state index contributed by atoms with van der Waals surface area (Å²) in [5, 5.41) is 14.7. The van der Waals surface area contributed by atoms with Gasteiger partial charge in [0, 0.05) is 25.7 Å². The fraction of sp³-hybridized carbons (Fsp3) is 0.478. The Bertz CT molecular complexity index is 1080. The van der Waals surface area contributed by atoms with Crippen LogP contribution in [0.25, 0.3) is 11.4 Å². The molecule has 1 aliphatic heterocycles. The number of rotatable bonds is 4. The molecule has 3 rings (SSSR count). The first-order valence-corrected chi connectivity index (χ1v) is 10.6. The molecule has 2 aromatic rings. The molecule has 2 N–H and O–H groups in total. The van der Waals surface area contributed by atoms with Crippen molar-refractivity contribution in [3.63, 3.8) is 0 Å². The molecule has 8 nitrogen and oxygen atoms in total. The normalized spacial score (nSPS) is 15.3. The Kier molecular flexibility index (Phi) is 6.65. The molecule has 2 amide bonds. The van der Waals surface area contributed by atoms with E-state index in [1.54, 1.807) is 6.07 Å². The van der Waals surface area contributed by atoms with E-state index in [-0.39, 0.29) is 17.2 Å². The number of carbonyl (C=O) groups is 2. The average Bonchev–Trinajstić information content (AvgIpc) is 2.97. The summed E-state index contributed by atoms with van der Waals surface area (Å²) in [5.74, 6) is -0.827. The highest BCUT2D eigenvalue weighted by Gasteiger charge is 2.34.